The number of fused-ring (bicyclic) bond motifs is 1. The lowest BCUT2D eigenvalue weighted by atomic mass is 9.96. The van der Waals surface area contributed by atoms with E-state index in [4.69, 9.17) is 11.6 Å². The van der Waals surface area contributed by atoms with E-state index in [1.165, 1.54) is 0 Å². The molecule has 2 aromatic heterocycles. The van der Waals surface area contributed by atoms with Gasteiger partial charge in [0.05, 0.1) is 5.92 Å². The van der Waals surface area contributed by atoms with Gasteiger partial charge >= 0.3 is 0 Å². The molecule has 0 aliphatic carbocycles. The predicted octanol–water partition coefficient (Wildman–Crippen LogP) is 2.95. The molecule has 7 nitrogen and oxygen atoms in total. The molecule has 2 saturated heterocycles. The molecule has 1 aromatic carbocycles. The molecule has 1 unspecified atom stereocenters. The number of piperidine rings is 1. The van der Waals surface area contributed by atoms with E-state index in [9.17, 15) is 4.79 Å². The maximum absolute atomic E-state index is 13.2. The van der Waals surface area contributed by atoms with Gasteiger partial charge in [-0.3, -0.25) is 9.20 Å². The van der Waals surface area contributed by atoms with Crippen molar-refractivity contribution in [2.24, 2.45) is 5.92 Å². The van der Waals surface area contributed by atoms with Crippen LogP contribution in [0, 0.1) is 5.92 Å². The summed E-state index contributed by atoms with van der Waals surface area (Å²) < 4.78 is 2.00. The molecular weight excluding hydrogens is 400 g/mol. The Kier molecular flexibility index (Phi) is 5.21. The van der Waals surface area contributed by atoms with Crippen LogP contribution in [0.4, 0.5) is 11.6 Å². The van der Waals surface area contributed by atoms with Crippen LogP contribution >= 0.6 is 11.6 Å². The fraction of sp³-hybridized carbons (Fsp3) is 0.409. The van der Waals surface area contributed by atoms with Crippen LogP contribution < -0.4 is 9.80 Å². The number of anilines is 2. The first kappa shape index (κ1) is 19.2. The van der Waals surface area contributed by atoms with Gasteiger partial charge in [-0.1, -0.05) is 23.7 Å². The molecule has 3 aromatic rings. The summed E-state index contributed by atoms with van der Waals surface area (Å²) in [7, 11) is 0. The minimum absolute atomic E-state index is 0.00697. The number of aromatic nitrogens is 3. The Morgan fingerprint density at radius 2 is 1.83 bits per heavy atom. The van der Waals surface area contributed by atoms with Gasteiger partial charge in [0, 0.05) is 56.2 Å². The second-order valence-corrected chi connectivity index (χ2v) is 8.44. The lowest BCUT2D eigenvalue weighted by molar-refractivity contribution is -0.136. The normalized spacial score (nSPS) is 20.0. The Morgan fingerprint density at radius 1 is 0.967 bits per heavy atom. The van der Waals surface area contributed by atoms with Crippen molar-refractivity contribution < 1.29 is 4.79 Å². The van der Waals surface area contributed by atoms with Crippen molar-refractivity contribution >= 4 is 34.8 Å². The summed E-state index contributed by atoms with van der Waals surface area (Å²) in [5.41, 5.74) is 1.95. The first-order chi connectivity index (χ1) is 14.7. The number of amides is 1. The van der Waals surface area contributed by atoms with Crippen molar-refractivity contribution in [2.45, 2.75) is 12.8 Å². The summed E-state index contributed by atoms with van der Waals surface area (Å²) >= 11 is 6.13. The number of halogens is 1. The van der Waals surface area contributed by atoms with Crippen molar-refractivity contribution in [1.82, 2.24) is 19.5 Å². The molecule has 2 fully saturated rings. The monoisotopic (exact) mass is 424 g/mol. The quantitative estimate of drug-likeness (QED) is 0.647. The molecule has 30 heavy (non-hydrogen) atoms. The average Bonchev–Trinajstić information content (AvgIpc) is 3.23. The summed E-state index contributed by atoms with van der Waals surface area (Å²) in [6, 6.07) is 13.8. The van der Waals surface area contributed by atoms with Crippen molar-refractivity contribution in [2.75, 3.05) is 49.1 Å². The topological polar surface area (TPSA) is 57.0 Å². The van der Waals surface area contributed by atoms with E-state index in [-0.39, 0.29) is 11.8 Å². The van der Waals surface area contributed by atoms with Gasteiger partial charge in [0.1, 0.15) is 0 Å². The van der Waals surface area contributed by atoms with E-state index < -0.39 is 0 Å². The second kappa shape index (κ2) is 8.14. The molecule has 0 radical (unpaired) electrons. The minimum atomic E-state index is 0.00697. The van der Waals surface area contributed by atoms with E-state index in [0.29, 0.717) is 6.54 Å². The number of nitrogens with zero attached hydrogens (tertiary/aromatic N) is 6. The number of piperazine rings is 1. The minimum Gasteiger partial charge on any atom is -0.368 e. The molecule has 8 heteroatoms. The number of rotatable bonds is 3. The van der Waals surface area contributed by atoms with Gasteiger partial charge in [-0.25, -0.2) is 0 Å². The van der Waals surface area contributed by atoms with Crippen LogP contribution in [0.2, 0.25) is 5.02 Å². The van der Waals surface area contributed by atoms with E-state index in [1.807, 2.05) is 51.9 Å². The highest BCUT2D eigenvalue weighted by atomic mass is 35.5. The van der Waals surface area contributed by atoms with E-state index in [1.54, 1.807) is 0 Å². The van der Waals surface area contributed by atoms with Crippen molar-refractivity contribution in [3.63, 3.8) is 0 Å². The van der Waals surface area contributed by atoms with Gasteiger partial charge in [0.2, 0.25) is 11.9 Å². The van der Waals surface area contributed by atoms with Crippen LogP contribution in [-0.4, -0.2) is 64.7 Å². The molecular formula is C22H25ClN6O. The number of carbonyl (C=O) groups is 1. The number of benzene rings is 1. The lowest BCUT2D eigenvalue weighted by Crippen LogP contribution is -2.52. The second-order valence-electron chi connectivity index (χ2n) is 8.01. The fourth-order valence-corrected chi connectivity index (χ4v) is 4.71. The summed E-state index contributed by atoms with van der Waals surface area (Å²) in [6.07, 6.45) is 3.90. The fourth-order valence-electron chi connectivity index (χ4n) is 4.52. The first-order valence-corrected chi connectivity index (χ1v) is 10.9. The van der Waals surface area contributed by atoms with Gasteiger partial charge in [-0.15, -0.1) is 10.2 Å². The molecule has 2 aliphatic heterocycles. The van der Waals surface area contributed by atoms with Crippen LogP contribution in [0.5, 0.6) is 0 Å². The number of hydrogen-bond acceptors (Lipinski definition) is 5. The zero-order valence-electron chi connectivity index (χ0n) is 16.8. The highest BCUT2D eigenvalue weighted by Crippen LogP contribution is 2.25. The van der Waals surface area contributed by atoms with Crippen molar-refractivity contribution in [3.05, 3.63) is 53.7 Å². The van der Waals surface area contributed by atoms with E-state index in [2.05, 4.69) is 26.1 Å². The third-order valence-electron chi connectivity index (χ3n) is 6.11. The van der Waals surface area contributed by atoms with Crippen LogP contribution in [-0.2, 0) is 4.79 Å². The van der Waals surface area contributed by atoms with Gasteiger partial charge in [0.15, 0.2) is 5.65 Å². The standard InChI is InChI=1S/C22H25ClN6O/c23-18-6-3-7-19(15-18)26-11-13-27(14-12-26)21(30)17-5-4-9-28(16-17)22-25-24-20-8-1-2-10-29(20)22/h1-3,6-8,10,15,17H,4-5,9,11-14,16H2. The smallest absolute Gasteiger partial charge is 0.231 e. The van der Waals surface area contributed by atoms with Gasteiger partial charge in [0.25, 0.3) is 0 Å². The predicted molar refractivity (Wildman–Crippen MR) is 118 cm³/mol. The Hall–Kier alpha value is -2.80. The van der Waals surface area contributed by atoms with Crippen LogP contribution in [0.15, 0.2) is 48.7 Å². The highest BCUT2D eigenvalue weighted by molar-refractivity contribution is 6.30. The number of pyridine rings is 1. The van der Waals surface area contributed by atoms with Gasteiger partial charge < -0.3 is 14.7 Å². The zero-order chi connectivity index (χ0) is 20.5. The molecule has 0 saturated carbocycles. The Balaban J connectivity index is 1.23. The highest BCUT2D eigenvalue weighted by Gasteiger charge is 2.32. The van der Waals surface area contributed by atoms with E-state index in [0.717, 1.165) is 67.9 Å². The largest absolute Gasteiger partial charge is 0.368 e. The maximum atomic E-state index is 13.2. The summed E-state index contributed by atoms with van der Waals surface area (Å²) in [4.78, 5) is 19.8. The van der Waals surface area contributed by atoms with E-state index >= 15 is 0 Å². The van der Waals surface area contributed by atoms with Crippen molar-refractivity contribution in [1.29, 1.82) is 0 Å². The third kappa shape index (κ3) is 3.69. The molecule has 0 spiro atoms. The number of carbonyl (C=O) groups excluding carboxylic acids is 1. The van der Waals surface area contributed by atoms with Crippen molar-refractivity contribution in [3.8, 4) is 0 Å². The van der Waals surface area contributed by atoms with Crippen LogP contribution in [0.25, 0.3) is 5.65 Å². The van der Waals surface area contributed by atoms with Crippen LogP contribution in [0.3, 0.4) is 0 Å². The first-order valence-electron chi connectivity index (χ1n) is 10.5. The Labute approximate surface area is 180 Å². The summed E-state index contributed by atoms with van der Waals surface area (Å²) in [5, 5.41) is 9.38. The molecule has 1 atom stereocenters. The lowest BCUT2D eigenvalue weighted by Gasteiger charge is -2.39. The third-order valence-corrected chi connectivity index (χ3v) is 6.35. The van der Waals surface area contributed by atoms with Gasteiger partial charge in [-0.2, -0.15) is 0 Å². The molecule has 0 N–H and O–H groups in total. The average molecular weight is 425 g/mol. The summed E-state index contributed by atoms with van der Waals surface area (Å²) in [6.45, 7) is 4.76. The maximum Gasteiger partial charge on any atom is 0.231 e. The molecule has 5 rings (SSSR count). The molecule has 1 amide bonds. The number of hydrogen-bond donors (Lipinski definition) is 0. The Bertz CT molecular complexity index is 1040. The molecule has 156 valence electrons. The Morgan fingerprint density at radius 3 is 2.67 bits per heavy atom. The zero-order valence-corrected chi connectivity index (χ0v) is 17.6. The van der Waals surface area contributed by atoms with Crippen LogP contribution in [0.1, 0.15) is 12.8 Å². The molecule has 0 bridgehead atoms. The van der Waals surface area contributed by atoms with Gasteiger partial charge in [-0.05, 0) is 43.2 Å². The molecule has 4 heterocycles. The molecule has 2 aliphatic rings. The summed E-state index contributed by atoms with van der Waals surface area (Å²) in [5.74, 6) is 1.10. The SMILES string of the molecule is O=C(C1CCCN(c2nnc3ccccn23)C1)N1CCN(c2cccc(Cl)c2)CC1.